The topological polar surface area (TPSA) is 275 Å². The average Bonchev–Trinajstić information content (AvgIpc) is 1.65. The number of carbonyl (C=O) groups excluding carboxylic acids is 7. The van der Waals surface area contributed by atoms with Gasteiger partial charge in [0.05, 0.1) is 83.1 Å². The summed E-state index contributed by atoms with van der Waals surface area (Å²) in [4.78, 5) is 107. The number of amides is 2. The molecule has 8 rings (SSSR count). The summed E-state index contributed by atoms with van der Waals surface area (Å²) < 4.78 is 48.5. The molecule has 0 aliphatic carbocycles. The van der Waals surface area contributed by atoms with E-state index in [-0.39, 0.29) is 102 Å². The minimum absolute atomic E-state index is 0. The van der Waals surface area contributed by atoms with Crippen molar-refractivity contribution in [3.05, 3.63) is 131 Å². The summed E-state index contributed by atoms with van der Waals surface area (Å²) in [6.07, 6.45) is 1.76. The van der Waals surface area contributed by atoms with E-state index < -0.39 is 53.1 Å². The maximum absolute atomic E-state index is 13.9. The Morgan fingerprint density at radius 3 is 1.22 bits per heavy atom. The van der Waals surface area contributed by atoms with Gasteiger partial charge in [0.15, 0.2) is 11.6 Å². The van der Waals surface area contributed by atoms with E-state index in [1.165, 1.54) is 0 Å². The van der Waals surface area contributed by atoms with Crippen molar-refractivity contribution < 1.29 is 85.7 Å². The number of Topliss-reactive ketones (excluding diaryl/α,β-unsaturated/α-hetero) is 5. The Bertz CT molecular complexity index is 2970. The number of aliphatic carboxylic acids is 1. The van der Waals surface area contributed by atoms with E-state index in [1.807, 2.05) is 142 Å². The molecule has 92 heavy (non-hydrogen) atoms. The van der Waals surface area contributed by atoms with Crippen LogP contribution in [-0.4, -0.2) is 182 Å². The van der Waals surface area contributed by atoms with Crippen molar-refractivity contribution in [3.8, 4) is 11.5 Å². The zero-order valence-electron chi connectivity index (χ0n) is 54.6. The van der Waals surface area contributed by atoms with Crippen LogP contribution in [-0.2, 0) is 83.0 Å². The number of morpholine rings is 2. The number of carboxylic acid groups (broad SMARTS) is 1. The maximum Gasteiger partial charge on any atom is 0.317 e. The second kappa shape index (κ2) is 37.4. The van der Waals surface area contributed by atoms with Crippen molar-refractivity contribution in [2.75, 3.05) is 66.7 Å². The van der Waals surface area contributed by atoms with Crippen molar-refractivity contribution in [1.29, 1.82) is 0 Å². The summed E-state index contributed by atoms with van der Waals surface area (Å²) in [6.45, 7) is 18.6. The number of ketones is 5. The van der Waals surface area contributed by atoms with Crippen molar-refractivity contribution in [2.45, 2.75) is 154 Å². The standard InChI is InChI=1S/C35H46N2O7.C26H32N2O5.C8H15NO3.F2.FH/c1-23(15-29(38)21-37-19-24(2)44-25(3)20-37)32(39)18-28(16-27-11-13-30(42-5)14-12-27)34(41)36-31(33(40)35(4)22-43-35)17-26-9-7-6-8-10-26;1-17(27)23(29)15-20(13-19-9-11-21(32-3)12-10-19)25(31)28-22(24(30)26(2)16-33-26)14-18-7-5-4-6-8-18;1-6-3-9(5-8(10)11)4-7(2)12-6;1-2;/h6-14,23-25,28,31H,15-22H2,1-5H3,(H,36,41);4-12,17,20,22H,13-16,27H2,1-3H3,(H,28,31);6-7H,3-5H2,1-2H3,(H,10,11);;1H/t23-,24-,25+,28-,31+,35?;17-,20+,22-,26?;6-,7+;;/m10.../s1. The number of benzene rings is 4. The van der Waals surface area contributed by atoms with E-state index in [4.69, 9.17) is 48.4 Å². The summed E-state index contributed by atoms with van der Waals surface area (Å²) in [7, 11) is 3.17. The number of nitrogens with two attached hydrogens (primary N) is 1. The molecule has 2 amide bonds. The van der Waals surface area contributed by atoms with E-state index in [1.54, 1.807) is 41.9 Å². The Kier molecular flexibility index (Phi) is 31.4. The highest BCUT2D eigenvalue weighted by molar-refractivity contribution is 5.99. The molecular formula is C69H94F3N5O15. The highest BCUT2D eigenvalue weighted by Crippen LogP contribution is 2.31. The third-order valence-electron chi connectivity index (χ3n) is 16.3. The van der Waals surface area contributed by atoms with Crippen molar-refractivity contribution >= 4 is 46.7 Å². The third kappa shape index (κ3) is 25.7. The number of carboxylic acids is 1. The van der Waals surface area contributed by atoms with Gasteiger partial charge in [0.1, 0.15) is 40.1 Å². The fraction of sp³-hybridized carbons (Fsp3) is 0.536. The number of halogens is 3. The molecule has 4 saturated heterocycles. The summed E-state index contributed by atoms with van der Waals surface area (Å²) in [5.74, 6) is -2.73. The van der Waals surface area contributed by atoms with Crippen LogP contribution >= 0.6 is 0 Å². The number of methoxy groups -OCH3 is 2. The van der Waals surface area contributed by atoms with Gasteiger partial charge in [-0.2, -0.15) is 0 Å². The number of hydrogen-bond acceptors (Lipinski definition) is 17. The fourth-order valence-corrected chi connectivity index (χ4v) is 11.2. The smallest absolute Gasteiger partial charge is 0.317 e. The lowest BCUT2D eigenvalue weighted by atomic mass is 9.87. The van der Waals surface area contributed by atoms with Gasteiger partial charge in [0.2, 0.25) is 11.8 Å². The quantitative estimate of drug-likeness (QED) is 0.0382. The molecular weight excluding hydrogens is 1200 g/mol. The van der Waals surface area contributed by atoms with E-state index in [0.717, 1.165) is 35.3 Å². The molecule has 23 heteroatoms. The molecule has 4 aliphatic heterocycles. The van der Waals surface area contributed by atoms with Crippen LogP contribution in [0.3, 0.4) is 0 Å². The molecule has 0 spiro atoms. The molecule has 4 aromatic rings. The van der Waals surface area contributed by atoms with Crippen LogP contribution in [0.5, 0.6) is 11.5 Å². The largest absolute Gasteiger partial charge is 0.497 e. The zero-order chi connectivity index (χ0) is 67.0. The molecule has 0 bridgehead atoms. The summed E-state index contributed by atoms with van der Waals surface area (Å²) in [5, 5.41) is 14.4. The molecule has 0 radical (unpaired) electrons. The predicted octanol–water partition coefficient (Wildman–Crippen LogP) is 7.02. The monoisotopic (exact) mass is 1290 g/mol. The molecule has 5 N–H and O–H groups in total. The Balaban J connectivity index is 0.000000329. The number of nitrogens with zero attached hydrogens (tertiary/aromatic N) is 2. The van der Waals surface area contributed by atoms with E-state index in [0.29, 0.717) is 63.5 Å². The maximum atomic E-state index is 13.9. The van der Waals surface area contributed by atoms with Gasteiger partial charge in [-0.15, -0.1) is 0 Å². The van der Waals surface area contributed by atoms with Gasteiger partial charge in [-0.25, -0.2) is 0 Å². The average molecular weight is 1290 g/mol. The normalized spacial score (nSPS) is 22.6. The third-order valence-corrected chi connectivity index (χ3v) is 16.3. The van der Waals surface area contributed by atoms with Crippen molar-refractivity contribution in [3.63, 3.8) is 0 Å². The minimum atomic E-state index is -0.918. The van der Waals surface area contributed by atoms with Gasteiger partial charge >= 0.3 is 5.97 Å². The van der Waals surface area contributed by atoms with Gasteiger partial charge in [-0.05, 0) is 121 Å². The summed E-state index contributed by atoms with van der Waals surface area (Å²) in [6, 6.07) is 31.5. The fourth-order valence-electron chi connectivity index (χ4n) is 11.2. The summed E-state index contributed by atoms with van der Waals surface area (Å²) in [5.41, 5.74) is 7.56. The lowest BCUT2D eigenvalue weighted by molar-refractivity contribution is -0.141. The highest BCUT2D eigenvalue weighted by atomic mass is 20.0. The molecule has 4 aliphatic rings. The van der Waals surface area contributed by atoms with Crippen LogP contribution in [0.2, 0.25) is 0 Å². The SMILES string of the molecule is COc1ccc(C[C@H](CC(=O)[C@H](C)CC(=O)CN2C[C@@H](C)O[C@@H](C)C2)C(=O)N[C@@H](Cc2ccccc2)C(=O)C2(C)CO2)cc1.COc1ccc(C[C@H](CC(=O)[C@H](C)N)C(=O)N[C@@H](Cc2ccccc2)C(=O)C2(C)CO2)cc1.C[C@@H]1CN(CC(=O)O)C[C@H](C)O1.F.FF. The lowest BCUT2D eigenvalue weighted by Gasteiger charge is -2.34. The van der Waals surface area contributed by atoms with E-state index in [9.17, 15) is 38.4 Å². The minimum Gasteiger partial charge on any atom is -0.497 e. The highest BCUT2D eigenvalue weighted by Gasteiger charge is 2.51. The first-order valence-corrected chi connectivity index (χ1v) is 31.0. The Morgan fingerprint density at radius 1 is 0.554 bits per heavy atom. The first-order valence-electron chi connectivity index (χ1n) is 31.0. The number of rotatable bonds is 30. The number of epoxide rings is 2. The molecule has 506 valence electrons. The van der Waals surface area contributed by atoms with Crippen LogP contribution in [0.4, 0.5) is 13.9 Å². The number of hydrogen-bond donors (Lipinski definition) is 4. The second-order valence-corrected chi connectivity index (χ2v) is 24.8. The van der Waals surface area contributed by atoms with Crippen molar-refractivity contribution in [1.82, 2.24) is 20.4 Å². The van der Waals surface area contributed by atoms with Crippen LogP contribution in [0, 0.1) is 17.8 Å². The van der Waals surface area contributed by atoms with Crippen LogP contribution in [0.25, 0.3) is 0 Å². The van der Waals surface area contributed by atoms with Gasteiger partial charge in [-0.3, -0.25) is 52.9 Å². The van der Waals surface area contributed by atoms with Crippen LogP contribution < -0.4 is 25.8 Å². The van der Waals surface area contributed by atoms with E-state index in [2.05, 4.69) is 15.5 Å². The Morgan fingerprint density at radius 2 is 0.891 bits per heavy atom. The lowest BCUT2D eigenvalue weighted by Crippen LogP contribution is -2.50. The number of ether oxygens (including phenoxy) is 6. The molecule has 2 unspecified atom stereocenters. The first kappa shape index (κ1) is 77.2. The molecule has 0 saturated carbocycles. The first-order chi connectivity index (χ1) is 43.2. The van der Waals surface area contributed by atoms with Crippen molar-refractivity contribution in [2.24, 2.45) is 23.5 Å². The second-order valence-electron chi connectivity index (χ2n) is 24.8. The number of carbonyl (C=O) groups is 8. The zero-order valence-corrected chi connectivity index (χ0v) is 54.6. The van der Waals surface area contributed by atoms with Gasteiger partial charge in [0, 0.05) is 72.3 Å². The molecule has 4 aromatic carbocycles. The van der Waals surface area contributed by atoms with Crippen LogP contribution in [0.1, 0.15) is 96.9 Å². The molecule has 4 heterocycles. The molecule has 4 fully saturated rings. The summed E-state index contributed by atoms with van der Waals surface area (Å²) >= 11 is 0. The molecule has 20 nitrogen and oxygen atoms in total. The van der Waals surface area contributed by atoms with Gasteiger partial charge in [-0.1, -0.05) is 91.9 Å². The van der Waals surface area contributed by atoms with Gasteiger partial charge in [0.25, 0.3) is 0 Å². The number of nitrogens with one attached hydrogen (secondary N) is 2. The van der Waals surface area contributed by atoms with E-state index >= 15 is 0 Å². The Labute approximate surface area is 538 Å². The molecule has 12 atom stereocenters. The van der Waals surface area contributed by atoms with Crippen LogP contribution in [0.15, 0.2) is 109 Å². The predicted molar refractivity (Wildman–Crippen MR) is 340 cm³/mol. The van der Waals surface area contributed by atoms with Gasteiger partial charge < -0.3 is 49.9 Å². The Hall–Kier alpha value is -7.25. The molecule has 0 aromatic heterocycles.